The van der Waals surface area contributed by atoms with Crippen molar-refractivity contribution in [3.05, 3.63) is 69.5 Å². The van der Waals surface area contributed by atoms with E-state index in [1.54, 1.807) is 23.6 Å². The van der Waals surface area contributed by atoms with Crippen molar-refractivity contribution in [3.63, 3.8) is 0 Å². The Balaban J connectivity index is 1.47. The highest BCUT2D eigenvalue weighted by molar-refractivity contribution is 7.12. The summed E-state index contributed by atoms with van der Waals surface area (Å²) in [6.45, 7) is 6.71. The number of amides is 1. The highest BCUT2D eigenvalue weighted by Crippen LogP contribution is 2.30. The van der Waals surface area contributed by atoms with Crippen LogP contribution in [0.15, 0.2) is 48.7 Å². The van der Waals surface area contributed by atoms with E-state index in [2.05, 4.69) is 10.3 Å². The number of pyridine rings is 1. The maximum Gasteiger partial charge on any atom is 0.220 e. The van der Waals surface area contributed by atoms with Crippen molar-refractivity contribution in [1.29, 1.82) is 0 Å². The fourth-order valence-corrected chi connectivity index (χ4v) is 4.00. The summed E-state index contributed by atoms with van der Waals surface area (Å²) in [6.07, 6.45) is 2.02. The molecule has 162 valence electrons. The number of para-hydroxylation sites is 2. The molecule has 3 aromatic rings. The lowest BCUT2D eigenvalue weighted by molar-refractivity contribution is -0.121. The van der Waals surface area contributed by atoms with E-state index in [1.807, 2.05) is 57.2 Å². The fraction of sp³-hybridized carbons (Fsp3) is 0.292. The number of rotatable bonds is 10. The van der Waals surface area contributed by atoms with E-state index in [0.717, 1.165) is 20.9 Å². The van der Waals surface area contributed by atoms with Crippen molar-refractivity contribution >= 4 is 23.0 Å². The molecule has 0 saturated heterocycles. The normalized spacial score (nSPS) is 10.5. The predicted molar refractivity (Wildman–Crippen MR) is 121 cm³/mol. The van der Waals surface area contributed by atoms with Gasteiger partial charge in [0.15, 0.2) is 17.3 Å². The van der Waals surface area contributed by atoms with Gasteiger partial charge in [0.1, 0.15) is 0 Å². The summed E-state index contributed by atoms with van der Waals surface area (Å²) in [6, 6.07) is 12.9. The van der Waals surface area contributed by atoms with Crippen LogP contribution in [0.1, 0.15) is 45.4 Å². The lowest BCUT2D eigenvalue weighted by Gasteiger charge is -2.11. The van der Waals surface area contributed by atoms with Gasteiger partial charge in [-0.15, -0.1) is 11.3 Å². The minimum absolute atomic E-state index is 0.00695. The Morgan fingerprint density at radius 1 is 1.06 bits per heavy atom. The van der Waals surface area contributed by atoms with E-state index < -0.39 is 0 Å². The topological polar surface area (TPSA) is 77.5 Å². The molecule has 1 aromatic carbocycles. The molecule has 0 aliphatic heterocycles. The summed E-state index contributed by atoms with van der Waals surface area (Å²) in [5, 5.41) is 2.83. The summed E-state index contributed by atoms with van der Waals surface area (Å²) in [7, 11) is 0. The third kappa shape index (κ3) is 6.39. The fourth-order valence-electron chi connectivity index (χ4n) is 3.06. The number of Topliss-reactive ketones (excluding diaryl/α,β-unsaturated/α-hetero) is 1. The zero-order valence-corrected chi connectivity index (χ0v) is 18.8. The molecule has 0 radical (unpaired) electrons. The maximum absolute atomic E-state index is 12.3. The zero-order valence-electron chi connectivity index (χ0n) is 17.9. The third-order valence-electron chi connectivity index (χ3n) is 4.57. The molecular formula is C24H26N2O4S. The highest BCUT2D eigenvalue weighted by atomic mass is 32.1. The minimum atomic E-state index is -0.163. The first-order valence-electron chi connectivity index (χ1n) is 10.2. The smallest absolute Gasteiger partial charge is 0.220 e. The van der Waals surface area contributed by atoms with Crippen LogP contribution in [-0.2, 0) is 11.3 Å². The second-order valence-electron chi connectivity index (χ2n) is 7.01. The molecule has 0 atom stereocenters. The number of nitrogens with zero attached hydrogens (tertiary/aromatic N) is 1. The van der Waals surface area contributed by atoms with E-state index in [0.29, 0.717) is 30.5 Å². The Hall–Kier alpha value is -3.19. The first kappa shape index (κ1) is 22.5. The standard InChI is InChI=1S/C24H26N2O4S/c1-4-29-21-7-5-6-8-22(21)30-24-12-9-18(15-26-24)14-25-23(28)11-10-20(27)19-13-16(2)31-17(19)3/h5-9,12-13,15H,4,10-11,14H2,1-3H3,(H,25,28). The summed E-state index contributed by atoms with van der Waals surface area (Å²) in [4.78, 5) is 30.8. The average Bonchev–Trinajstić information content (AvgIpc) is 3.11. The van der Waals surface area contributed by atoms with Gasteiger partial charge in [-0.3, -0.25) is 9.59 Å². The molecule has 1 N–H and O–H groups in total. The molecule has 0 aliphatic carbocycles. The first-order valence-corrected chi connectivity index (χ1v) is 11.0. The van der Waals surface area contributed by atoms with Crippen LogP contribution in [0.2, 0.25) is 0 Å². The van der Waals surface area contributed by atoms with Crippen molar-refractivity contribution in [1.82, 2.24) is 10.3 Å². The molecule has 1 amide bonds. The van der Waals surface area contributed by atoms with Gasteiger partial charge in [0.25, 0.3) is 0 Å². The van der Waals surface area contributed by atoms with E-state index >= 15 is 0 Å². The van der Waals surface area contributed by atoms with Crippen LogP contribution in [0.3, 0.4) is 0 Å². The van der Waals surface area contributed by atoms with Crippen molar-refractivity contribution in [2.24, 2.45) is 0 Å². The SMILES string of the molecule is CCOc1ccccc1Oc1ccc(CNC(=O)CCC(=O)c2cc(C)sc2C)cn1. The van der Waals surface area contributed by atoms with E-state index in [4.69, 9.17) is 9.47 Å². The van der Waals surface area contributed by atoms with E-state index in [1.165, 1.54) is 0 Å². The second-order valence-corrected chi connectivity index (χ2v) is 8.47. The van der Waals surface area contributed by atoms with Crippen LogP contribution in [0.4, 0.5) is 0 Å². The molecule has 0 saturated carbocycles. The Morgan fingerprint density at radius 3 is 2.48 bits per heavy atom. The quantitative estimate of drug-likeness (QED) is 0.439. The molecule has 3 rings (SSSR count). The number of benzene rings is 1. The predicted octanol–water partition coefficient (Wildman–Crippen LogP) is 5.23. The van der Waals surface area contributed by atoms with Crippen LogP contribution in [0.25, 0.3) is 0 Å². The molecule has 7 heteroatoms. The van der Waals surface area contributed by atoms with Gasteiger partial charge in [-0.1, -0.05) is 18.2 Å². The summed E-state index contributed by atoms with van der Waals surface area (Å²) in [5.74, 6) is 1.54. The molecule has 0 unspecified atom stereocenters. The molecular weight excluding hydrogens is 412 g/mol. The number of hydrogen-bond donors (Lipinski definition) is 1. The molecule has 2 aromatic heterocycles. The zero-order chi connectivity index (χ0) is 22.2. The van der Waals surface area contributed by atoms with Crippen molar-refractivity contribution in [2.45, 2.75) is 40.2 Å². The minimum Gasteiger partial charge on any atom is -0.490 e. The van der Waals surface area contributed by atoms with Crippen LogP contribution in [-0.4, -0.2) is 23.3 Å². The lowest BCUT2D eigenvalue weighted by atomic mass is 10.1. The van der Waals surface area contributed by atoms with Crippen LogP contribution in [0, 0.1) is 13.8 Å². The third-order valence-corrected chi connectivity index (χ3v) is 5.54. The van der Waals surface area contributed by atoms with Crippen molar-refractivity contribution < 1.29 is 19.1 Å². The Labute approximate surface area is 186 Å². The molecule has 6 nitrogen and oxygen atoms in total. The molecule has 31 heavy (non-hydrogen) atoms. The summed E-state index contributed by atoms with van der Waals surface area (Å²) >= 11 is 1.60. The van der Waals surface area contributed by atoms with Gasteiger partial charge in [0.2, 0.25) is 11.8 Å². The Morgan fingerprint density at radius 2 is 1.84 bits per heavy atom. The van der Waals surface area contributed by atoms with Gasteiger partial charge in [0, 0.05) is 47.0 Å². The number of ketones is 1. The van der Waals surface area contributed by atoms with Crippen LogP contribution >= 0.6 is 11.3 Å². The number of nitrogens with one attached hydrogen (secondary N) is 1. The van der Waals surface area contributed by atoms with E-state index in [-0.39, 0.29) is 24.5 Å². The lowest BCUT2D eigenvalue weighted by Crippen LogP contribution is -2.23. The molecule has 0 spiro atoms. The van der Waals surface area contributed by atoms with Crippen molar-refractivity contribution in [3.8, 4) is 17.4 Å². The molecule has 0 fully saturated rings. The van der Waals surface area contributed by atoms with Gasteiger partial charge in [0.05, 0.1) is 6.61 Å². The van der Waals surface area contributed by atoms with Gasteiger partial charge >= 0.3 is 0 Å². The molecule has 0 bridgehead atoms. The van der Waals surface area contributed by atoms with Crippen LogP contribution < -0.4 is 14.8 Å². The Bertz CT molecular complexity index is 1040. The average molecular weight is 439 g/mol. The summed E-state index contributed by atoms with van der Waals surface area (Å²) < 4.78 is 11.4. The van der Waals surface area contributed by atoms with Crippen molar-refractivity contribution in [2.75, 3.05) is 6.61 Å². The van der Waals surface area contributed by atoms with Gasteiger partial charge in [-0.25, -0.2) is 4.98 Å². The monoisotopic (exact) mass is 438 g/mol. The maximum atomic E-state index is 12.3. The number of aromatic nitrogens is 1. The first-order chi connectivity index (χ1) is 15.0. The van der Waals surface area contributed by atoms with E-state index in [9.17, 15) is 9.59 Å². The highest BCUT2D eigenvalue weighted by Gasteiger charge is 2.14. The molecule has 2 heterocycles. The largest absolute Gasteiger partial charge is 0.490 e. The van der Waals surface area contributed by atoms with Gasteiger partial charge in [-0.2, -0.15) is 0 Å². The number of ether oxygens (including phenoxy) is 2. The van der Waals surface area contributed by atoms with Crippen LogP contribution in [0.5, 0.6) is 17.4 Å². The number of aryl methyl sites for hydroxylation is 2. The molecule has 0 aliphatic rings. The van der Waals surface area contributed by atoms with Gasteiger partial charge in [-0.05, 0) is 44.5 Å². The number of hydrogen-bond acceptors (Lipinski definition) is 6. The number of carbonyl (C=O) groups is 2. The second kappa shape index (κ2) is 10.7. The number of thiophene rings is 1. The Kier molecular flexibility index (Phi) is 7.78. The number of carbonyl (C=O) groups excluding carboxylic acids is 2. The summed E-state index contributed by atoms with van der Waals surface area (Å²) in [5.41, 5.74) is 1.57. The van der Waals surface area contributed by atoms with Gasteiger partial charge < -0.3 is 14.8 Å².